The van der Waals surface area contributed by atoms with Crippen LogP contribution in [-0.4, -0.2) is 31.3 Å². The molecule has 19 heavy (non-hydrogen) atoms. The lowest BCUT2D eigenvalue weighted by Crippen LogP contribution is -2.40. The Hall–Kier alpha value is -0.620. The minimum Gasteiger partial charge on any atom is -0.481 e. The molecule has 0 aliphatic heterocycles. The number of carboxylic acids is 1. The number of aliphatic carboxylic acids is 1. The Balaban J connectivity index is 1.72. The van der Waals surface area contributed by atoms with Crippen LogP contribution in [0.5, 0.6) is 0 Å². The van der Waals surface area contributed by atoms with E-state index in [2.05, 4.69) is 4.72 Å². The van der Waals surface area contributed by atoms with Gasteiger partial charge in [0.2, 0.25) is 10.0 Å². The summed E-state index contributed by atoms with van der Waals surface area (Å²) in [6, 6.07) is -0.0676. The van der Waals surface area contributed by atoms with Crippen LogP contribution in [0, 0.1) is 11.8 Å². The minimum atomic E-state index is -3.19. The van der Waals surface area contributed by atoms with Gasteiger partial charge in [0.25, 0.3) is 0 Å². The highest BCUT2D eigenvalue weighted by molar-refractivity contribution is 7.89. The number of nitrogens with one attached hydrogen (secondary N) is 1. The van der Waals surface area contributed by atoms with E-state index in [1.807, 2.05) is 0 Å². The molecule has 2 rings (SSSR count). The maximum absolute atomic E-state index is 11.9. The van der Waals surface area contributed by atoms with Crippen molar-refractivity contribution >= 4 is 16.0 Å². The Kier molecular flexibility index (Phi) is 4.84. The largest absolute Gasteiger partial charge is 0.481 e. The van der Waals surface area contributed by atoms with Gasteiger partial charge in [-0.05, 0) is 38.0 Å². The average Bonchev–Trinajstić information content (AvgIpc) is 2.26. The third-order valence-corrected chi connectivity index (χ3v) is 5.91. The highest BCUT2D eigenvalue weighted by Crippen LogP contribution is 2.30. The van der Waals surface area contributed by atoms with Gasteiger partial charge in [-0.25, -0.2) is 13.1 Å². The second kappa shape index (κ2) is 6.22. The molecule has 0 unspecified atom stereocenters. The zero-order chi connectivity index (χ0) is 13.9. The Morgan fingerprint density at radius 2 is 1.74 bits per heavy atom. The molecule has 0 atom stereocenters. The molecule has 0 amide bonds. The Morgan fingerprint density at radius 1 is 1.11 bits per heavy atom. The molecule has 2 saturated carbocycles. The molecular formula is C13H23NO4S. The van der Waals surface area contributed by atoms with E-state index in [1.165, 1.54) is 19.3 Å². The molecule has 0 saturated heterocycles. The van der Waals surface area contributed by atoms with E-state index in [4.69, 9.17) is 5.11 Å². The van der Waals surface area contributed by atoms with Crippen LogP contribution in [-0.2, 0) is 14.8 Å². The van der Waals surface area contributed by atoms with Crippen molar-refractivity contribution < 1.29 is 18.3 Å². The minimum absolute atomic E-state index is 0.0676. The summed E-state index contributed by atoms with van der Waals surface area (Å²) >= 11 is 0. The third-order valence-electron chi connectivity index (χ3n) is 4.44. The van der Waals surface area contributed by atoms with E-state index in [0.717, 1.165) is 6.42 Å². The maximum Gasteiger partial charge on any atom is 0.306 e. The van der Waals surface area contributed by atoms with Crippen LogP contribution >= 0.6 is 0 Å². The first-order chi connectivity index (χ1) is 8.96. The van der Waals surface area contributed by atoms with Crippen molar-refractivity contribution in [2.24, 2.45) is 11.8 Å². The Morgan fingerprint density at radius 3 is 2.21 bits per heavy atom. The topological polar surface area (TPSA) is 83.5 Å². The predicted octanol–water partition coefficient (Wildman–Crippen LogP) is 1.74. The molecule has 5 nitrogen and oxygen atoms in total. The fraction of sp³-hybridized carbons (Fsp3) is 0.923. The molecule has 0 aromatic rings. The summed E-state index contributed by atoms with van der Waals surface area (Å²) in [5.74, 6) is -0.238. The van der Waals surface area contributed by atoms with Gasteiger partial charge in [-0.15, -0.1) is 0 Å². The summed E-state index contributed by atoms with van der Waals surface area (Å²) in [5.41, 5.74) is 0. The highest BCUT2D eigenvalue weighted by Gasteiger charge is 2.28. The number of rotatable bonds is 6. The van der Waals surface area contributed by atoms with Gasteiger partial charge >= 0.3 is 5.97 Å². The molecule has 0 spiro atoms. The maximum atomic E-state index is 11.9. The van der Waals surface area contributed by atoms with Gasteiger partial charge < -0.3 is 5.11 Å². The van der Waals surface area contributed by atoms with E-state index in [9.17, 15) is 13.2 Å². The number of carbonyl (C=O) groups is 1. The first kappa shape index (κ1) is 14.8. The summed E-state index contributed by atoms with van der Waals surface area (Å²) < 4.78 is 26.6. The van der Waals surface area contributed by atoms with Gasteiger partial charge in [0.1, 0.15) is 0 Å². The third kappa shape index (κ3) is 4.45. The molecular weight excluding hydrogens is 266 g/mol. The summed E-state index contributed by atoms with van der Waals surface area (Å²) in [4.78, 5) is 10.8. The van der Waals surface area contributed by atoms with E-state index < -0.39 is 16.0 Å². The fourth-order valence-corrected chi connectivity index (χ4v) is 4.38. The Bertz CT molecular complexity index is 408. The van der Waals surface area contributed by atoms with Crippen molar-refractivity contribution in [1.82, 2.24) is 4.72 Å². The molecule has 0 radical (unpaired) electrons. The van der Waals surface area contributed by atoms with E-state index in [-0.39, 0.29) is 17.7 Å². The lowest BCUT2D eigenvalue weighted by molar-refractivity contribution is -0.142. The normalized spacial score (nSPS) is 28.8. The second-order valence-electron chi connectivity index (χ2n) is 5.91. The fourth-order valence-electron chi connectivity index (χ4n) is 2.87. The van der Waals surface area contributed by atoms with Crippen molar-refractivity contribution in [2.45, 2.75) is 57.4 Å². The molecule has 0 heterocycles. The summed E-state index contributed by atoms with van der Waals surface area (Å²) in [5, 5.41) is 8.90. The molecule has 0 aromatic carbocycles. The monoisotopic (exact) mass is 289 g/mol. The zero-order valence-corrected chi connectivity index (χ0v) is 12.0. The SMILES string of the molecule is O=C(O)C1CCC(NS(=O)(=O)CCC2CCC2)CC1. The first-order valence-corrected chi connectivity index (χ1v) is 8.84. The van der Waals surface area contributed by atoms with Gasteiger partial charge in [-0.1, -0.05) is 19.3 Å². The van der Waals surface area contributed by atoms with Crippen LogP contribution in [0.4, 0.5) is 0 Å². The van der Waals surface area contributed by atoms with Gasteiger partial charge in [0.15, 0.2) is 0 Å². The van der Waals surface area contributed by atoms with Crippen molar-refractivity contribution in [3.05, 3.63) is 0 Å². The Labute approximate surface area is 114 Å². The van der Waals surface area contributed by atoms with Crippen molar-refractivity contribution in [2.75, 3.05) is 5.75 Å². The van der Waals surface area contributed by atoms with Crippen molar-refractivity contribution in [1.29, 1.82) is 0 Å². The van der Waals surface area contributed by atoms with Gasteiger partial charge in [0.05, 0.1) is 11.7 Å². The molecule has 110 valence electrons. The van der Waals surface area contributed by atoms with Crippen LogP contribution in [0.15, 0.2) is 0 Å². The molecule has 2 fully saturated rings. The van der Waals surface area contributed by atoms with Crippen LogP contribution < -0.4 is 4.72 Å². The van der Waals surface area contributed by atoms with Gasteiger partial charge in [0, 0.05) is 6.04 Å². The number of carboxylic acid groups (broad SMARTS) is 1. The van der Waals surface area contributed by atoms with Crippen LogP contribution in [0.2, 0.25) is 0 Å². The highest BCUT2D eigenvalue weighted by atomic mass is 32.2. The summed E-state index contributed by atoms with van der Waals surface area (Å²) in [6.45, 7) is 0. The quantitative estimate of drug-likeness (QED) is 0.780. The summed E-state index contributed by atoms with van der Waals surface area (Å²) in [6.07, 6.45) is 6.76. The van der Waals surface area contributed by atoms with E-state index >= 15 is 0 Å². The van der Waals surface area contributed by atoms with E-state index in [1.54, 1.807) is 0 Å². The number of hydrogen-bond donors (Lipinski definition) is 2. The number of hydrogen-bond acceptors (Lipinski definition) is 3. The average molecular weight is 289 g/mol. The first-order valence-electron chi connectivity index (χ1n) is 7.19. The van der Waals surface area contributed by atoms with Crippen molar-refractivity contribution in [3.8, 4) is 0 Å². The standard InChI is InChI=1S/C13H23NO4S/c15-13(16)11-4-6-12(7-5-11)14-19(17,18)9-8-10-2-1-3-10/h10-12,14H,1-9H2,(H,15,16). The molecule has 2 aliphatic rings. The smallest absolute Gasteiger partial charge is 0.306 e. The molecule has 2 aliphatic carbocycles. The zero-order valence-electron chi connectivity index (χ0n) is 11.2. The lowest BCUT2D eigenvalue weighted by atomic mass is 9.84. The van der Waals surface area contributed by atoms with Crippen molar-refractivity contribution in [3.63, 3.8) is 0 Å². The van der Waals surface area contributed by atoms with Crippen LogP contribution in [0.25, 0.3) is 0 Å². The molecule has 0 aromatic heterocycles. The molecule has 0 bridgehead atoms. The second-order valence-corrected chi connectivity index (χ2v) is 7.78. The predicted molar refractivity (Wildman–Crippen MR) is 72.3 cm³/mol. The van der Waals surface area contributed by atoms with Crippen LogP contribution in [0.3, 0.4) is 0 Å². The summed E-state index contributed by atoms with van der Waals surface area (Å²) in [7, 11) is -3.19. The molecule has 2 N–H and O–H groups in total. The number of sulfonamides is 1. The molecule has 6 heteroatoms. The van der Waals surface area contributed by atoms with E-state index in [0.29, 0.717) is 31.6 Å². The van der Waals surface area contributed by atoms with Gasteiger partial charge in [-0.3, -0.25) is 4.79 Å². The van der Waals surface area contributed by atoms with Gasteiger partial charge in [-0.2, -0.15) is 0 Å². The lowest BCUT2D eigenvalue weighted by Gasteiger charge is -2.28. The van der Waals surface area contributed by atoms with Crippen LogP contribution in [0.1, 0.15) is 51.4 Å².